The van der Waals surface area contributed by atoms with Crippen LogP contribution in [-0.2, 0) is 22.5 Å². The molecule has 1 aromatic carbocycles. The number of aromatic nitrogens is 5. The van der Waals surface area contributed by atoms with Gasteiger partial charge in [0.2, 0.25) is 0 Å². The highest BCUT2D eigenvalue weighted by Crippen LogP contribution is 2.41. The summed E-state index contributed by atoms with van der Waals surface area (Å²) in [6.07, 6.45) is 6.01. The summed E-state index contributed by atoms with van der Waals surface area (Å²) in [5.41, 5.74) is 9.59. The second-order valence-electron chi connectivity index (χ2n) is 11.2. The normalized spacial score (nSPS) is 18.6. The maximum atomic E-state index is 13.1. The van der Waals surface area contributed by atoms with Crippen molar-refractivity contribution >= 4 is 40.1 Å². The van der Waals surface area contributed by atoms with Gasteiger partial charge in [0.1, 0.15) is 11.6 Å². The number of piperidine rings is 1. The number of fused-ring (bicyclic) bond motifs is 2. The molecule has 1 saturated heterocycles. The molecule has 5 heterocycles. The van der Waals surface area contributed by atoms with Gasteiger partial charge in [0.05, 0.1) is 46.9 Å². The van der Waals surface area contributed by atoms with Crippen molar-refractivity contribution in [2.45, 2.75) is 45.4 Å². The maximum Gasteiger partial charge on any atom is 0.265 e. The fourth-order valence-electron chi connectivity index (χ4n) is 5.88. The first-order valence-electron chi connectivity index (χ1n) is 14.2. The molecule has 2 aliphatic heterocycles. The van der Waals surface area contributed by atoms with Gasteiger partial charge in [-0.2, -0.15) is 5.10 Å². The largest absolute Gasteiger partial charge is 0.482 e. The number of anilines is 1. The number of rotatable bonds is 8. The molecule has 6 rings (SSSR count). The minimum Gasteiger partial charge on any atom is -0.482 e. The molecule has 43 heavy (non-hydrogen) atoms. The lowest BCUT2D eigenvalue weighted by Crippen LogP contribution is -2.43. The van der Waals surface area contributed by atoms with Crippen LogP contribution in [0.15, 0.2) is 36.8 Å². The van der Waals surface area contributed by atoms with Crippen molar-refractivity contribution in [3.05, 3.63) is 58.9 Å². The fraction of sp³-hybridized carbons (Fsp3) is 0.400. The number of pyridine rings is 1. The van der Waals surface area contributed by atoms with Crippen molar-refractivity contribution in [3.63, 3.8) is 0 Å². The molecule has 0 saturated carbocycles. The molecule has 224 valence electrons. The van der Waals surface area contributed by atoms with Crippen LogP contribution in [-0.4, -0.2) is 69.5 Å². The summed E-state index contributed by atoms with van der Waals surface area (Å²) in [7, 11) is 1.70. The van der Waals surface area contributed by atoms with E-state index >= 15 is 0 Å². The molecular formula is C30H33ClN8O4. The second kappa shape index (κ2) is 11.9. The zero-order chi connectivity index (χ0) is 30.2. The van der Waals surface area contributed by atoms with Gasteiger partial charge in [-0.3, -0.25) is 14.5 Å². The van der Waals surface area contributed by atoms with Crippen molar-refractivity contribution in [2.75, 3.05) is 31.7 Å². The lowest BCUT2D eigenvalue weighted by atomic mass is 9.92. The Labute approximate surface area is 253 Å². The number of nitrogens with two attached hydrogens (primary N) is 1. The van der Waals surface area contributed by atoms with Crippen LogP contribution in [0.4, 0.5) is 5.69 Å². The molecule has 0 aliphatic carbocycles. The standard InChI is InChI=1S/C30H33ClN8O4/c1-16(2)8-20-28(29(32)41)27(19-12-36-39(30(19)37-20)22-6-7-33-13-24(22)42-3)17-4-5-21-23(9-17)43-15-26(40)38(21)14-25-34-10-18(31)11-35-25/h4-5,9-12,16,22,24,33H,6-8,13-15H2,1-3H3,(H2,32,41)/t22-,24+/m0/s1. The summed E-state index contributed by atoms with van der Waals surface area (Å²) in [6.45, 7) is 5.68. The van der Waals surface area contributed by atoms with Gasteiger partial charge in [0, 0.05) is 37.0 Å². The van der Waals surface area contributed by atoms with Crippen LogP contribution in [0.2, 0.25) is 5.02 Å². The quantitative estimate of drug-likeness (QED) is 0.309. The van der Waals surface area contributed by atoms with E-state index in [0.717, 1.165) is 13.0 Å². The molecule has 0 bridgehead atoms. The van der Waals surface area contributed by atoms with Gasteiger partial charge >= 0.3 is 0 Å². The van der Waals surface area contributed by atoms with E-state index in [1.807, 2.05) is 16.8 Å². The van der Waals surface area contributed by atoms with Crippen molar-refractivity contribution in [2.24, 2.45) is 11.7 Å². The van der Waals surface area contributed by atoms with E-state index in [9.17, 15) is 9.59 Å². The van der Waals surface area contributed by atoms with E-state index < -0.39 is 5.91 Å². The zero-order valence-corrected chi connectivity index (χ0v) is 25.0. The molecule has 12 nitrogen and oxygen atoms in total. The van der Waals surface area contributed by atoms with E-state index in [1.165, 1.54) is 12.4 Å². The van der Waals surface area contributed by atoms with Crippen molar-refractivity contribution in [3.8, 4) is 16.9 Å². The van der Waals surface area contributed by atoms with Gasteiger partial charge in [0.15, 0.2) is 12.3 Å². The summed E-state index contributed by atoms with van der Waals surface area (Å²) in [6, 6.07) is 5.46. The van der Waals surface area contributed by atoms with E-state index in [2.05, 4.69) is 29.1 Å². The molecule has 2 aliphatic rings. The van der Waals surface area contributed by atoms with Crippen LogP contribution < -0.4 is 20.7 Å². The van der Waals surface area contributed by atoms with Gasteiger partial charge in [-0.25, -0.2) is 19.6 Å². The molecule has 4 aromatic rings. The van der Waals surface area contributed by atoms with E-state index in [4.69, 9.17) is 36.9 Å². The number of primary amides is 1. The Kier molecular flexibility index (Phi) is 7.99. The second-order valence-corrected chi connectivity index (χ2v) is 11.6. The number of methoxy groups -OCH3 is 1. The maximum absolute atomic E-state index is 13.1. The Morgan fingerprint density at radius 2 is 2.05 bits per heavy atom. The summed E-state index contributed by atoms with van der Waals surface area (Å²) >= 11 is 5.94. The number of carbonyl (C=O) groups excluding carboxylic acids is 2. The van der Waals surface area contributed by atoms with Gasteiger partial charge in [-0.15, -0.1) is 0 Å². The minimum atomic E-state index is -0.570. The molecule has 0 unspecified atom stereocenters. The van der Waals surface area contributed by atoms with Crippen molar-refractivity contribution in [1.82, 2.24) is 30.0 Å². The Bertz CT molecular complexity index is 1690. The molecule has 1 fully saturated rings. The molecule has 0 spiro atoms. The highest BCUT2D eigenvalue weighted by molar-refractivity contribution is 6.30. The summed E-state index contributed by atoms with van der Waals surface area (Å²) < 4.78 is 13.6. The monoisotopic (exact) mass is 604 g/mol. The van der Waals surface area contributed by atoms with Gasteiger partial charge in [-0.1, -0.05) is 31.5 Å². The Morgan fingerprint density at radius 3 is 2.77 bits per heavy atom. The molecule has 3 N–H and O–H groups in total. The summed E-state index contributed by atoms with van der Waals surface area (Å²) in [5.74, 6) is 0.360. The number of hydrogen-bond acceptors (Lipinski definition) is 9. The average Bonchev–Trinajstić information content (AvgIpc) is 3.41. The fourth-order valence-corrected chi connectivity index (χ4v) is 5.98. The van der Waals surface area contributed by atoms with Gasteiger partial charge < -0.3 is 20.5 Å². The first-order chi connectivity index (χ1) is 20.7. The average molecular weight is 605 g/mol. The number of benzene rings is 1. The Balaban J connectivity index is 1.50. The van der Waals surface area contributed by atoms with E-state index in [1.54, 1.807) is 24.3 Å². The molecule has 2 atom stereocenters. The molecule has 2 amide bonds. The first-order valence-corrected chi connectivity index (χ1v) is 14.6. The topological polar surface area (TPSA) is 150 Å². The predicted molar refractivity (Wildman–Crippen MR) is 161 cm³/mol. The number of hydrogen-bond donors (Lipinski definition) is 2. The predicted octanol–water partition coefficient (Wildman–Crippen LogP) is 3.31. The van der Waals surface area contributed by atoms with E-state index in [-0.39, 0.29) is 37.1 Å². The van der Waals surface area contributed by atoms with Gasteiger partial charge in [-0.05, 0) is 43.0 Å². The molecular weight excluding hydrogens is 572 g/mol. The van der Waals surface area contributed by atoms with Crippen LogP contribution in [0.1, 0.15) is 48.2 Å². The van der Waals surface area contributed by atoms with Crippen LogP contribution in [0.25, 0.3) is 22.2 Å². The summed E-state index contributed by atoms with van der Waals surface area (Å²) in [4.78, 5) is 41.0. The minimum absolute atomic E-state index is 0.0306. The third-order valence-corrected chi connectivity index (χ3v) is 8.03. The molecule has 3 aromatic heterocycles. The van der Waals surface area contributed by atoms with Crippen molar-refractivity contribution in [1.29, 1.82) is 0 Å². The first kappa shape index (κ1) is 29.0. The molecule has 13 heteroatoms. The molecule has 0 radical (unpaired) electrons. The lowest BCUT2D eigenvalue weighted by molar-refractivity contribution is -0.121. The highest BCUT2D eigenvalue weighted by Gasteiger charge is 2.32. The number of amides is 2. The van der Waals surface area contributed by atoms with Gasteiger partial charge in [0.25, 0.3) is 11.8 Å². The highest BCUT2D eigenvalue weighted by atomic mass is 35.5. The van der Waals surface area contributed by atoms with Crippen LogP contribution >= 0.6 is 11.6 Å². The van der Waals surface area contributed by atoms with Crippen LogP contribution in [0, 0.1) is 5.92 Å². The van der Waals surface area contributed by atoms with Crippen molar-refractivity contribution < 1.29 is 19.1 Å². The van der Waals surface area contributed by atoms with Crippen LogP contribution in [0.5, 0.6) is 5.75 Å². The third-order valence-electron chi connectivity index (χ3n) is 7.84. The van der Waals surface area contributed by atoms with Crippen LogP contribution in [0.3, 0.4) is 0 Å². The summed E-state index contributed by atoms with van der Waals surface area (Å²) in [5, 5.41) is 9.26. The zero-order valence-electron chi connectivity index (χ0n) is 24.2. The number of ether oxygens (including phenoxy) is 2. The number of nitrogens with one attached hydrogen (secondary N) is 1. The smallest absolute Gasteiger partial charge is 0.265 e. The Morgan fingerprint density at radius 1 is 1.26 bits per heavy atom. The SMILES string of the molecule is CO[C@@H]1CNCC[C@@H]1n1ncc2c(-c3ccc4c(c3)OCC(=O)N4Cc3ncc(Cl)cn3)c(C(N)=O)c(CC(C)C)nc21. The number of carbonyl (C=O) groups is 2. The third kappa shape index (κ3) is 5.53. The number of nitrogens with zero attached hydrogens (tertiary/aromatic N) is 6. The Hall–Kier alpha value is -4.13. The lowest BCUT2D eigenvalue weighted by Gasteiger charge is -2.31. The van der Waals surface area contributed by atoms with E-state index in [0.29, 0.717) is 68.7 Å². The number of halogens is 1.